The SMILES string of the molecule is COc1cc2[nH]cc(C(=O)O)c2nc1Cl. The van der Waals surface area contributed by atoms with Crippen LogP contribution in [0.3, 0.4) is 0 Å². The van der Waals surface area contributed by atoms with Crippen LogP contribution in [0.1, 0.15) is 10.4 Å². The summed E-state index contributed by atoms with van der Waals surface area (Å²) in [6, 6.07) is 1.61. The summed E-state index contributed by atoms with van der Waals surface area (Å²) in [5, 5.41) is 9.00. The Bertz CT molecular complexity index is 535. The van der Waals surface area contributed by atoms with Crippen molar-refractivity contribution < 1.29 is 14.6 Å². The lowest BCUT2D eigenvalue weighted by Crippen LogP contribution is -1.95. The van der Waals surface area contributed by atoms with Crippen LogP contribution >= 0.6 is 11.6 Å². The fourth-order valence-electron chi connectivity index (χ4n) is 1.31. The molecule has 15 heavy (non-hydrogen) atoms. The molecule has 0 atom stereocenters. The average Bonchev–Trinajstić information content (AvgIpc) is 2.59. The lowest BCUT2D eigenvalue weighted by molar-refractivity contribution is 0.0699. The highest BCUT2D eigenvalue weighted by atomic mass is 35.5. The number of rotatable bonds is 2. The van der Waals surface area contributed by atoms with E-state index in [1.54, 1.807) is 6.07 Å². The van der Waals surface area contributed by atoms with Crippen molar-refractivity contribution in [1.82, 2.24) is 9.97 Å². The number of aromatic carboxylic acids is 1. The van der Waals surface area contributed by atoms with Crippen LogP contribution in [-0.2, 0) is 0 Å². The number of halogens is 1. The maximum atomic E-state index is 10.8. The van der Waals surface area contributed by atoms with E-state index in [0.29, 0.717) is 16.8 Å². The molecule has 2 aromatic heterocycles. The second-order valence-electron chi connectivity index (χ2n) is 2.89. The van der Waals surface area contributed by atoms with Gasteiger partial charge in [-0.25, -0.2) is 9.78 Å². The average molecular weight is 227 g/mol. The van der Waals surface area contributed by atoms with Crippen LogP contribution in [0.15, 0.2) is 12.3 Å². The number of carboxylic acid groups (broad SMARTS) is 1. The Morgan fingerprint density at radius 3 is 3.00 bits per heavy atom. The Morgan fingerprint density at radius 2 is 2.40 bits per heavy atom. The number of aromatic nitrogens is 2. The lowest BCUT2D eigenvalue weighted by Gasteiger charge is -2.01. The van der Waals surface area contributed by atoms with E-state index in [1.165, 1.54) is 13.3 Å². The molecular formula is C9H7ClN2O3. The zero-order chi connectivity index (χ0) is 11.0. The van der Waals surface area contributed by atoms with Crippen LogP contribution in [0.25, 0.3) is 11.0 Å². The Kier molecular flexibility index (Phi) is 2.24. The van der Waals surface area contributed by atoms with Crippen molar-refractivity contribution in [2.75, 3.05) is 7.11 Å². The highest BCUT2D eigenvalue weighted by Crippen LogP contribution is 2.27. The number of hydrogen-bond acceptors (Lipinski definition) is 3. The second-order valence-corrected chi connectivity index (χ2v) is 3.24. The summed E-state index contributed by atoms with van der Waals surface area (Å²) in [7, 11) is 1.47. The molecule has 0 saturated heterocycles. The number of aromatic amines is 1. The maximum Gasteiger partial charge on any atom is 0.339 e. The van der Waals surface area contributed by atoms with E-state index in [2.05, 4.69) is 9.97 Å². The van der Waals surface area contributed by atoms with Crippen LogP contribution < -0.4 is 4.74 Å². The van der Waals surface area contributed by atoms with Crippen LogP contribution in [0.2, 0.25) is 5.15 Å². The number of hydrogen-bond donors (Lipinski definition) is 2. The highest BCUT2D eigenvalue weighted by Gasteiger charge is 2.14. The van der Waals surface area contributed by atoms with Crippen molar-refractivity contribution in [3.8, 4) is 5.75 Å². The van der Waals surface area contributed by atoms with Crippen molar-refractivity contribution in [2.45, 2.75) is 0 Å². The molecule has 2 rings (SSSR count). The fourth-order valence-corrected chi connectivity index (χ4v) is 1.53. The molecule has 5 nitrogen and oxygen atoms in total. The van der Waals surface area contributed by atoms with E-state index in [9.17, 15) is 4.79 Å². The molecule has 2 heterocycles. The predicted molar refractivity (Wildman–Crippen MR) is 54.6 cm³/mol. The monoisotopic (exact) mass is 226 g/mol. The van der Waals surface area contributed by atoms with Crippen molar-refractivity contribution in [3.63, 3.8) is 0 Å². The minimum Gasteiger partial charge on any atom is -0.493 e. The molecule has 6 heteroatoms. The first kappa shape index (κ1) is 9.79. The Hall–Kier alpha value is -1.75. The molecule has 0 radical (unpaired) electrons. The Balaban J connectivity index is 2.73. The van der Waals surface area contributed by atoms with E-state index in [1.807, 2.05) is 0 Å². The van der Waals surface area contributed by atoms with E-state index < -0.39 is 5.97 Å². The van der Waals surface area contributed by atoms with E-state index in [4.69, 9.17) is 21.4 Å². The molecule has 0 spiro atoms. The van der Waals surface area contributed by atoms with Gasteiger partial charge in [-0.15, -0.1) is 0 Å². The maximum absolute atomic E-state index is 10.8. The molecule has 0 bridgehead atoms. The predicted octanol–water partition coefficient (Wildman–Crippen LogP) is 1.92. The number of nitrogens with zero attached hydrogens (tertiary/aromatic N) is 1. The molecule has 2 N–H and O–H groups in total. The van der Waals surface area contributed by atoms with Crippen LogP contribution in [0.5, 0.6) is 5.75 Å². The zero-order valence-electron chi connectivity index (χ0n) is 7.74. The smallest absolute Gasteiger partial charge is 0.339 e. The largest absolute Gasteiger partial charge is 0.493 e. The molecule has 0 aromatic carbocycles. The van der Waals surface area contributed by atoms with Crippen molar-refractivity contribution >= 4 is 28.6 Å². The number of methoxy groups -OCH3 is 1. The molecule has 0 unspecified atom stereocenters. The number of nitrogens with one attached hydrogen (secondary N) is 1. The standard InChI is InChI=1S/C9H7ClN2O3/c1-15-6-2-5-7(12-8(6)10)4(3-11-5)9(13)14/h2-3,11H,1H3,(H,13,14). The van der Waals surface area contributed by atoms with Gasteiger partial charge in [-0.3, -0.25) is 0 Å². The third-order valence-corrected chi connectivity index (χ3v) is 2.29. The molecule has 0 aliphatic carbocycles. The summed E-state index contributed by atoms with van der Waals surface area (Å²) in [5.41, 5.74) is 0.997. The van der Waals surface area contributed by atoms with Gasteiger partial charge >= 0.3 is 5.97 Å². The minimum atomic E-state index is -1.05. The molecular weight excluding hydrogens is 220 g/mol. The lowest BCUT2D eigenvalue weighted by atomic mass is 10.2. The van der Waals surface area contributed by atoms with Crippen LogP contribution in [-0.4, -0.2) is 28.2 Å². The third kappa shape index (κ3) is 1.50. The van der Waals surface area contributed by atoms with Gasteiger partial charge in [0.2, 0.25) is 0 Å². The molecule has 0 aliphatic rings. The Labute approximate surface area is 89.6 Å². The van der Waals surface area contributed by atoms with Gasteiger partial charge in [0, 0.05) is 12.3 Å². The van der Waals surface area contributed by atoms with E-state index in [-0.39, 0.29) is 10.7 Å². The summed E-state index contributed by atoms with van der Waals surface area (Å²) >= 11 is 5.79. The summed E-state index contributed by atoms with van der Waals surface area (Å²) in [6.45, 7) is 0. The first-order chi connectivity index (χ1) is 7.13. The van der Waals surface area contributed by atoms with Gasteiger partial charge in [-0.05, 0) is 0 Å². The molecule has 0 fully saturated rings. The molecule has 0 saturated carbocycles. The number of carboxylic acids is 1. The molecule has 0 amide bonds. The number of carbonyl (C=O) groups is 1. The number of ether oxygens (including phenoxy) is 1. The summed E-state index contributed by atoms with van der Waals surface area (Å²) < 4.78 is 4.96. The van der Waals surface area contributed by atoms with Crippen molar-refractivity contribution in [3.05, 3.63) is 23.0 Å². The van der Waals surface area contributed by atoms with Gasteiger partial charge in [0.05, 0.1) is 12.6 Å². The quantitative estimate of drug-likeness (QED) is 0.768. The summed E-state index contributed by atoms with van der Waals surface area (Å²) in [5.74, 6) is -0.641. The topological polar surface area (TPSA) is 75.2 Å². The van der Waals surface area contributed by atoms with Gasteiger partial charge in [-0.2, -0.15) is 0 Å². The summed E-state index contributed by atoms with van der Waals surface area (Å²) in [6.07, 6.45) is 1.37. The Morgan fingerprint density at radius 1 is 1.67 bits per heavy atom. The highest BCUT2D eigenvalue weighted by molar-refractivity contribution is 6.31. The normalized spacial score (nSPS) is 10.5. The van der Waals surface area contributed by atoms with Crippen molar-refractivity contribution in [1.29, 1.82) is 0 Å². The van der Waals surface area contributed by atoms with Crippen LogP contribution in [0.4, 0.5) is 0 Å². The van der Waals surface area contributed by atoms with Gasteiger partial charge in [0.15, 0.2) is 10.9 Å². The van der Waals surface area contributed by atoms with E-state index >= 15 is 0 Å². The zero-order valence-corrected chi connectivity index (χ0v) is 8.50. The van der Waals surface area contributed by atoms with Gasteiger partial charge in [0.25, 0.3) is 0 Å². The fraction of sp³-hybridized carbons (Fsp3) is 0.111. The molecule has 78 valence electrons. The number of pyridine rings is 1. The number of fused-ring (bicyclic) bond motifs is 1. The minimum absolute atomic E-state index is 0.0922. The number of H-pyrrole nitrogens is 1. The van der Waals surface area contributed by atoms with E-state index in [0.717, 1.165) is 0 Å². The summed E-state index contributed by atoms with van der Waals surface area (Å²) in [4.78, 5) is 17.6. The van der Waals surface area contributed by atoms with Crippen LogP contribution in [0, 0.1) is 0 Å². The van der Waals surface area contributed by atoms with Gasteiger partial charge in [-0.1, -0.05) is 11.6 Å². The second kappa shape index (κ2) is 3.43. The first-order valence-corrected chi connectivity index (χ1v) is 4.46. The molecule has 2 aromatic rings. The van der Waals surface area contributed by atoms with Gasteiger partial charge in [0.1, 0.15) is 11.1 Å². The van der Waals surface area contributed by atoms with Crippen molar-refractivity contribution in [2.24, 2.45) is 0 Å². The van der Waals surface area contributed by atoms with Gasteiger partial charge < -0.3 is 14.8 Å². The molecule has 0 aliphatic heterocycles. The first-order valence-electron chi connectivity index (χ1n) is 4.08. The third-order valence-electron chi connectivity index (χ3n) is 2.02.